The van der Waals surface area contributed by atoms with E-state index in [4.69, 9.17) is 5.73 Å². The molecular weight excluding hydrogens is 330 g/mol. The second-order valence-electron chi connectivity index (χ2n) is 5.38. The van der Waals surface area contributed by atoms with E-state index < -0.39 is 0 Å². The van der Waals surface area contributed by atoms with Gasteiger partial charge < -0.3 is 10.6 Å². The van der Waals surface area contributed by atoms with Crippen LogP contribution < -0.4 is 10.6 Å². The van der Waals surface area contributed by atoms with E-state index in [1.54, 1.807) is 0 Å². The van der Waals surface area contributed by atoms with Crippen LogP contribution in [0, 0.1) is 0 Å². The molecule has 3 rings (SSSR count). The molecule has 1 aliphatic heterocycles. The Bertz CT molecular complexity index is 676. The molecule has 21 heavy (non-hydrogen) atoms. The van der Waals surface area contributed by atoms with Crippen LogP contribution in [0.25, 0.3) is 0 Å². The molecule has 0 aliphatic carbocycles. The van der Waals surface area contributed by atoms with E-state index in [9.17, 15) is 0 Å². The van der Waals surface area contributed by atoms with Crippen molar-refractivity contribution in [3.05, 3.63) is 46.7 Å². The molecule has 2 N–H and O–H groups in total. The highest BCUT2D eigenvalue weighted by Gasteiger charge is 2.30. The Morgan fingerprint density at radius 3 is 2.76 bits per heavy atom. The van der Waals surface area contributed by atoms with Gasteiger partial charge in [0.1, 0.15) is 0 Å². The highest BCUT2D eigenvalue weighted by molar-refractivity contribution is 9.10. The first-order valence-electron chi connectivity index (χ1n) is 6.95. The number of nitrogens with zero attached hydrogens (tertiary/aromatic N) is 4. The minimum atomic E-state index is 0.0937. The Hall–Kier alpha value is -1.82. The molecule has 2 heterocycles. The smallest absolute Gasteiger partial charge is 0.196 e. The normalized spacial score (nSPS) is 18.4. The third kappa shape index (κ3) is 2.55. The van der Waals surface area contributed by atoms with Gasteiger partial charge in [-0.2, -0.15) is 5.10 Å². The summed E-state index contributed by atoms with van der Waals surface area (Å²) in [5.74, 6) is 0.546. The van der Waals surface area contributed by atoms with E-state index in [2.05, 4.69) is 51.0 Å². The van der Waals surface area contributed by atoms with Crippen molar-refractivity contribution in [3.63, 3.8) is 0 Å². The number of guanidine groups is 1. The van der Waals surface area contributed by atoms with Crippen molar-refractivity contribution in [2.75, 3.05) is 11.4 Å². The van der Waals surface area contributed by atoms with Crippen molar-refractivity contribution in [2.24, 2.45) is 10.7 Å². The SMILES string of the molecule is CC(C)n1cc(C2CN=C(N)N2c2ccccc2Br)cn1. The molecule has 6 heteroatoms. The fraction of sp³-hybridized carbons (Fsp3) is 0.333. The van der Waals surface area contributed by atoms with Gasteiger partial charge in [-0.1, -0.05) is 12.1 Å². The Morgan fingerprint density at radius 2 is 2.10 bits per heavy atom. The topological polar surface area (TPSA) is 59.4 Å². The van der Waals surface area contributed by atoms with Gasteiger partial charge in [-0.3, -0.25) is 9.67 Å². The van der Waals surface area contributed by atoms with Crippen molar-refractivity contribution >= 4 is 27.6 Å². The van der Waals surface area contributed by atoms with Crippen LogP contribution in [0.5, 0.6) is 0 Å². The molecule has 2 aromatic rings. The molecule has 5 nitrogen and oxygen atoms in total. The van der Waals surface area contributed by atoms with Gasteiger partial charge in [-0.25, -0.2) is 0 Å². The summed E-state index contributed by atoms with van der Waals surface area (Å²) in [5.41, 5.74) is 8.26. The summed E-state index contributed by atoms with van der Waals surface area (Å²) in [6, 6.07) is 8.47. The zero-order chi connectivity index (χ0) is 15.0. The average molecular weight is 348 g/mol. The molecule has 1 atom stereocenters. The van der Waals surface area contributed by atoms with E-state index in [1.165, 1.54) is 0 Å². The van der Waals surface area contributed by atoms with E-state index in [0.29, 0.717) is 18.5 Å². The predicted octanol–water partition coefficient (Wildman–Crippen LogP) is 3.10. The van der Waals surface area contributed by atoms with E-state index in [1.807, 2.05) is 35.1 Å². The van der Waals surface area contributed by atoms with Crippen LogP contribution >= 0.6 is 15.9 Å². The van der Waals surface area contributed by atoms with Gasteiger partial charge in [0.05, 0.1) is 24.5 Å². The van der Waals surface area contributed by atoms with Crippen LogP contribution in [-0.4, -0.2) is 22.3 Å². The number of aromatic nitrogens is 2. The summed E-state index contributed by atoms with van der Waals surface area (Å²) in [6.07, 6.45) is 3.98. The third-order valence-corrected chi connectivity index (χ3v) is 4.30. The number of anilines is 1. The van der Waals surface area contributed by atoms with Gasteiger partial charge >= 0.3 is 0 Å². The number of halogens is 1. The zero-order valence-electron chi connectivity index (χ0n) is 12.1. The quantitative estimate of drug-likeness (QED) is 0.927. The first-order chi connectivity index (χ1) is 10.1. The maximum absolute atomic E-state index is 6.10. The molecule has 1 unspecified atom stereocenters. The van der Waals surface area contributed by atoms with Crippen molar-refractivity contribution < 1.29 is 0 Å². The zero-order valence-corrected chi connectivity index (χ0v) is 13.7. The predicted molar refractivity (Wildman–Crippen MR) is 88.5 cm³/mol. The second kappa shape index (κ2) is 5.52. The Kier molecular flexibility index (Phi) is 3.71. The van der Waals surface area contributed by atoms with Gasteiger partial charge in [0.25, 0.3) is 0 Å². The van der Waals surface area contributed by atoms with Crippen LogP contribution in [0.15, 0.2) is 46.1 Å². The Labute approximate surface area is 132 Å². The minimum Gasteiger partial charge on any atom is -0.369 e. The molecule has 1 aromatic heterocycles. The highest BCUT2D eigenvalue weighted by atomic mass is 79.9. The summed E-state index contributed by atoms with van der Waals surface area (Å²) in [4.78, 5) is 6.47. The van der Waals surface area contributed by atoms with Gasteiger partial charge in [0.15, 0.2) is 5.96 Å². The fourth-order valence-corrected chi connectivity index (χ4v) is 2.97. The lowest BCUT2D eigenvalue weighted by atomic mass is 10.1. The number of rotatable bonds is 3. The molecule has 0 radical (unpaired) electrons. The van der Waals surface area contributed by atoms with Gasteiger partial charge in [0, 0.05) is 22.3 Å². The molecular formula is C15H18BrN5. The largest absolute Gasteiger partial charge is 0.369 e. The molecule has 0 saturated heterocycles. The molecule has 1 aromatic carbocycles. The van der Waals surface area contributed by atoms with E-state index >= 15 is 0 Å². The lowest BCUT2D eigenvalue weighted by Gasteiger charge is -2.26. The number of hydrogen-bond acceptors (Lipinski definition) is 4. The summed E-state index contributed by atoms with van der Waals surface area (Å²) >= 11 is 3.59. The first-order valence-corrected chi connectivity index (χ1v) is 7.75. The van der Waals surface area contributed by atoms with Crippen molar-refractivity contribution in [3.8, 4) is 0 Å². The monoisotopic (exact) mass is 347 g/mol. The molecule has 0 saturated carbocycles. The summed E-state index contributed by atoms with van der Waals surface area (Å²) in [7, 11) is 0. The number of hydrogen-bond donors (Lipinski definition) is 1. The third-order valence-electron chi connectivity index (χ3n) is 3.63. The Balaban J connectivity index is 1.97. The van der Waals surface area contributed by atoms with Crippen LogP contribution in [0.4, 0.5) is 5.69 Å². The summed E-state index contributed by atoms with van der Waals surface area (Å²) < 4.78 is 2.97. The van der Waals surface area contributed by atoms with E-state index in [-0.39, 0.29) is 6.04 Å². The highest BCUT2D eigenvalue weighted by Crippen LogP contribution is 2.35. The molecule has 0 amide bonds. The van der Waals surface area contributed by atoms with Crippen molar-refractivity contribution in [1.29, 1.82) is 0 Å². The van der Waals surface area contributed by atoms with Gasteiger partial charge in [-0.05, 0) is 41.9 Å². The molecule has 1 aliphatic rings. The van der Waals surface area contributed by atoms with Gasteiger partial charge in [0.2, 0.25) is 0 Å². The maximum Gasteiger partial charge on any atom is 0.196 e. The average Bonchev–Trinajstić information content (AvgIpc) is 3.06. The summed E-state index contributed by atoms with van der Waals surface area (Å²) in [5, 5.41) is 4.42. The summed E-state index contributed by atoms with van der Waals surface area (Å²) in [6.45, 7) is 4.88. The molecule has 0 spiro atoms. The van der Waals surface area contributed by atoms with Gasteiger partial charge in [-0.15, -0.1) is 0 Å². The van der Waals surface area contributed by atoms with Crippen LogP contribution in [0.1, 0.15) is 31.5 Å². The standard InChI is InChI=1S/C15H18BrN5/c1-10(2)20-9-11(7-19-20)14-8-18-15(17)21(14)13-6-4-3-5-12(13)16/h3-7,9-10,14H,8H2,1-2H3,(H2,17,18). The second-order valence-corrected chi connectivity index (χ2v) is 6.24. The lowest BCUT2D eigenvalue weighted by Crippen LogP contribution is -2.36. The van der Waals surface area contributed by atoms with Crippen LogP contribution in [-0.2, 0) is 0 Å². The fourth-order valence-electron chi connectivity index (χ4n) is 2.50. The number of para-hydroxylation sites is 1. The van der Waals surface area contributed by atoms with Crippen molar-refractivity contribution in [2.45, 2.75) is 25.9 Å². The molecule has 0 bridgehead atoms. The maximum atomic E-state index is 6.10. The number of nitrogens with two attached hydrogens (primary N) is 1. The number of benzene rings is 1. The lowest BCUT2D eigenvalue weighted by molar-refractivity contribution is 0.531. The minimum absolute atomic E-state index is 0.0937. The molecule has 0 fully saturated rings. The van der Waals surface area contributed by atoms with Crippen LogP contribution in [0.2, 0.25) is 0 Å². The first kappa shape index (κ1) is 14.1. The van der Waals surface area contributed by atoms with Crippen molar-refractivity contribution in [1.82, 2.24) is 9.78 Å². The van der Waals surface area contributed by atoms with E-state index in [0.717, 1.165) is 15.7 Å². The van der Waals surface area contributed by atoms with Crippen LogP contribution in [0.3, 0.4) is 0 Å². The Morgan fingerprint density at radius 1 is 1.33 bits per heavy atom. The number of aliphatic imine (C=N–C) groups is 1. The molecule has 110 valence electrons.